The Balaban J connectivity index is 1.71. The molecule has 5 nitrogen and oxygen atoms in total. The Morgan fingerprint density at radius 3 is 2.65 bits per heavy atom. The normalized spacial score (nSPS) is 23.0. The highest BCUT2D eigenvalue weighted by molar-refractivity contribution is 5.63. The van der Waals surface area contributed by atoms with E-state index in [2.05, 4.69) is 19.9 Å². The van der Waals surface area contributed by atoms with Gasteiger partial charge in [-0.2, -0.15) is 13.2 Å². The minimum atomic E-state index is -4.54. The summed E-state index contributed by atoms with van der Waals surface area (Å²) in [4.78, 5) is 14.5. The molecule has 2 aromatic rings. The van der Waals surface area contributed by atoms with E-state index in [1.54, 1.807) is 12.3 Å². The van der Waals surface area contributed by atoms with E-state index in [-0.39, 0.29) is 5.56 Å². The minimum Gasteiger partial charge on any atom is -0.383 e. The number of nitrogens with zero attached hydrogens (tertiary/aromatic N) is 4. The molecule has 2 saturated heterocycles. The number of anilines is 2. The van der Waals surface area contributed by atoms with E-state index in [4.69, 9.17) is 5.73 Å². The Hall–Kier alpha value is -2.38. The number of alkyl halides is 3. The average molecular weight is 321 g/mol. The van der Waals surface area contributed by atoms with Crippen LogP contribution in [0.1, 0.15) is 18.4 Å². The number of nitrogen functional groups attached to an aromatic ring is 1. The van der Waals surface area contributed by atoms with Crippen molar-refractivity contribution in [1.82, 2.24) is 15.0 Å². The molecule has 5 rings (SSSR count). The summed E-state index contributed by atoms with van der Waals surface area (Å²) in [6, 6.07) is 3.03. The number of nitrogens with two attached hydrogens (primary N) is 1. The van der Waals surface area contributed by atoms with E-state index in [1.807, 2.05) is 0 Å². The summed E-state index contributed by atoms with van der Waals surface area (Å²) in [6.45, 7) is 0.919. The second kappa shape index (κ2) is 4.81. The molecule has 0 unspecified atom stereocenters. The summed E-state index contributed by atoms with van der Waals surface area (Å²) in [5.74, 6) is 0.732. The molecule has 2 aliphatic heterocycles. The predicted molar refractivity (Wildman–Crippen MR) is 78.5 cm³/mol. The van der Waals surface area contributed by atoms with Gasteiger partial charge in [-0.1, -0.05) is 0 Å². The number of hydrogen-bond donors (Lipinski definition) is 1. The van der Waals surface area contributed by atoms with Crippen molar-refractivity contribution in [2.24, 2.45) is 5.92 Å². The van der Waals surface area contributed by atoms with Crippen LogP contribution < -0.4 is 10.6 Å². The van der Waals surface area contributed by atoms with Crippen LogP contribution in [0.2, 0.25) is 0 Å². The molecular formula is C15H14F3N5. The Kier molecular flexibility index (Phi) is 2.97. The highest BCUT2D eigenvalue weighted by atomic mass is 19.4. The van der Waals surface area contributed by atoms with E-state index >= 15 is 0 Å². The van der Waals surface area contributed by atoms with Gasteiger partial charge in [0.2, 0.25) is 5.95 Å². The third-order valence-corrected chi connectivity index (χ3v) is 4.53. The zero-order valence-electron chi connectivity index (χ0n) is 12.1. The van der Waals surface area contributed by atoms with Crippen molar-refractivity contribution in [1.29, 1.82) is 0 Å². The van der Waals surface area contributed by atoms with Gasteiger partial charge in [0, 0.05) is 30.5 Å². The lowest BCUT2D eigenvalue weighted by atomic mass is 9.86. The Bertz CT molecular complexity index is 755. The van der Waals surface area contributed by atoms with Crippen molar-refractivity contribution in [2.45, 2.75) is 25.1 Å². The van der Waals surface area contributed by atoms with Crippen LogP contribution in [0.25, 0.3) is 11.3 Å². The van der Waals surface area contributed by atoms with E-state index in [9.17, 15) is 13.2 Å². The zero-order valence-corrected chi connectivity index (χ0v) is 12.1. The predicted octanol–water partition coefficient (Wildman–Crippen LogP) is 2.74. The first-order chi connectivity index (χ1) is 10.9. The van der Waals surface area contributed by atoms with Crippen LogP contribution in [-0.2, 0) is 6.18 Å². The van der Waals surface area contributed by atoms with Gasteiger partial charge in [0.1, 0.15) is 5.82 Å². The molecule has 0 amide bonds. The van der Waals surface area contributed by atoms with Gasteiger partial charge in [0.25, 0.3) is 0 Å². The van der Waals surface area contributed by atoms with Crippen LogP contribution in [0, 0.1) is 5.92 Å². The van der Waals surface area contributed by atoms with Crippen LogP contribution in [-0.4, -0.2) is 27.5 Å². The van der Waals surface area contributed by atoms with Gasteiger partial charge in [-0.05, 0) is 30.9 Å². The zero-order chi connectivity index (χ0) is 16.2. The molecule has 2 aromatic heterocycles. The molecule has 1 aliphatic carbocycles. The quantitative estimate of drug-likeness (QED) is 0.921. The molecular weight excluding hydrogens is 307 g/mol. The molecule has 1 saturated carbocycles. The van der Waals surface area contributed by atoms with Crippen molar-refractivity contribution in [3.8, 4) is 11.3 Å². The van der Waals surface area contributed by atoms with Gasteiger partial charge in [-0.15, -0.1) is 0 Å². The molecule has 0 spiro atoms. The fraction of sp³-hybridized carbons (Fsp3) is 0.400. The number of halogens is 3. The number of pyridine rings is 1. The lowest BCUT2D eigenvalue weighted by molar-refractivity contribution is -0.137. The topological polar surface area (TPSA) is 67.9 Å². The van der Waals surface area contributed by atoms with E-state index in [1.165, 1.54) is 6.20 Å². The van der Waals surface area contributed by atoms with Crippen LogP contribution >= 0.6 is 0 Å². The summed E-state index contributed by atoms with van der Waals surface area (Å²) in [6.07, 6.45) is 0.626. The third-order valence-electron chi connectivity index (χ3n) is 4.53. The SMILES string of the molecule is Nc1ncc(-c2ccnc(N3CC4CC3C4)n2)cc1C(F)(F)F. The molecule has 120 valence electrons. The maximum Gasteiger partial charge on any atom is 0.419 e. The van der Waals surface area contributed by atoms with Crippen molar-refractivity contribution in [3.63, 3.8) is 0 Å². The first-order valence-electron chi connectivity index (χ1n) is 7.34. The molecule has 8 heteroatoms. The first kappa shape index (κ1) is 14.2. The van der Waals surface area contributed by atoms with Crippen LogP contribution in [0.3, 0.4) is 0 Å². The first-order valence-corrected chi connectivity index (χ1v) is 7.34. The molecule has 4 heterocycles. The molecule has 3 fully saturated rings. The van der Waals surface area contributed by atoms with E-state index in [0.717, 1.165) is 25.5 Å². The monoisotopic (exact) mass is 321 g/mol. The van der Waals surface area contributed by atoms with Gasteiger partial charge in [0.05, 0.1) is 11.3 Å². The van der Waals surface area contributed by atoms with Gasteiger partial charge >= 0.3 is 6.18 Å². The molecule has 0 radical (unpaired) electrons. The van der Waals surface area contributed by atoms with Crippen molar-refractivity contribution < 1.29 is 13.2 Å². The number of hydrogen-bond acceptors (Lipinski definition) is 5. The summed E-state index contributed by atoms with van der Waals surface area (Å²) in [5.41, 5.74) is 5.08. The Morgan fingerprint density at radius 2 is 2.00 bits per heavy atom. The third kappa shape index (κ3) is 2.38. The molecule has 0 atom stereocenters. The van der Waals surface area contributed by atoms with E-state index < -0.39 is 17.6 Å². The minimum absolute atomic E-state index is 0.279. The molecule has 0 aromatic carbocycles. The van der Waals surface area contributed by atoms with Crippen molar-refractivity contribution >= 4 is 11.8 Å². The van der Waals surface area contributed by atoms with Gasteiger partial charge in [-0.3, -0.25) is 0 Å². The second-order valence-electron chi connectivity index (χ2n) is 6.04. The van der Waals surface area contributed by atoms with E-state index in [0.29, 0.717) is 23.6 Å². The smallest absolute Gasteiger partial charge is 0.383 e. The largest absolute Gasteiger partial charge is 0.419 e. The van der Waals surface area contributed by atoms with Crippen molar-refractivity contribution in [2.75, 3.05) is 17.2 Å². The van der Waals surface area contributed by atoms with Gasteiger partial charge in [-0.25, -0.2) is 15.0 Å². The number of rotatable bonds is 2. The number of fused-ring (bicyclic) bond motifs is 1. The highest BCUT2D eigenvalue weighted by Crippen LogP contribution is 2.42. The summed E-state index contributed by atoms with van der Waals surface area (Å²) >= 11 is 0. The van der Waals surface area contributed by atoms with Gasteiger partial charge < -0.3 is 10.6 Å². The summed E-state index contributed by atoms with van der Waals surface area (Å²) in [5, 5.41) is 0. The molecule has 23 heavy (non-hydrogen) atoms. The van der Waals surface area contributed by atoms with Crippen LogP contribution in [0.5, 0.6) is 0 Å². The number of aromatic nitrogens is 3. The Morgan fingerprint density at radius 1 is 1.22 bits per heavy atom. The molecule has 2 bridgehead atoms. The average Bonchev–Trinajstić information content (AvgIpc) is 3.07. The van der Waals surface area contributed by atoms with Crippen LogP contribution in [0.4, 0.5) is 24.9 Å². The fourth-order valence-electron chi connectivity index (χ4n) is 3.27. The fourth-order valence-corrected chi connectivity index (χ4v) is 3.27. The maximum atomic E-state index is 13.0. The van der Waals surface area contributed by atoms with Gasteiger partial charge in [0.15, 0.2) is 0 Å². The highest BCUT2D eigenvalue weighted by Gasteiger charge is 2.43. The lowest BCUT2D eigenvalue weighted by Gasteiger charge is -2.25. The van der Waals surface area contributed by atoms with Crippen LogP contribution in [0.15, 0.2) is 24.5 Å². The lowest BCUT2D eigenvalue weighted by Crippen LogP contribution is -2.29. The Labute approximate surface area is 130 Å². The standard InChI is InChI=1S/C15H14F3N5/c16-15(17,18)11-5-9(6-21-13(11)19)12-1-2-20-14(22-12)23-7-8-3-10(23)4-8/h1-2,5-6,8,10H,3-4,7H2,(H2,19,21). The molecule has 2 N–H and O–H groups in total. The summed E-state index contributed by atoms with van der Waals surface area (Å²) < 4.78 is 38.9. The summed E-state index contributed by atoms with van der Waals surface area (Å²) in [7, 11) is 0. The van der Waals surface area contributed by atoms with Crippen molar-refractivity contribution in [3.05, 3.63) is 30.1 Å². The maximum absolute atomic E-state index is 13.0. The second-order valence-corrected chi connectivity index (χ2v) is 6.04. The molecule has 3 aliphatic rings.